The summed E-state index contributed by atoms with van der Waals surface area (Å²) in [6.45, 7) is 4.16. The number of anilines is 1. The van der Waals surface area contributed by atoms with E-state index in [-0.39, 0.29) is 6.61 Å². The molecule has 0 fully saturated rings. The summed E-state index contributed by atoms with van der Waals surface area (Å²) in [5.74, 6) is 1.26. The number of aromatic nitrogens is 1. The fourth-order valence-corrected chi connectivity index (χ4v) is 2.29. The van der Waals surface area contributed by atoms with Gasteiger partial charge in [0.1, 0.15) is 11.3 Å². The van der Waals surface area contributed by atoms with Crippen LogP contribution in [-0.2, 0) is 6.61 Å². The van der Waals surface area contributed by atoms with Crippen molar-refractivity contribution in [1.29, 1.82) is 0 Å². The highest BCUT2D eigenvalue weighted by atomic mass is 35.5. The first-order valence-electron chi connectivity index (χ1n) is 6.57. The largest absolute Gasteiger partial charge is 0.484 e. The van der Waals surface area contributed by atoms with Gasteiger partial charge in [0.25, 0.3) is 0 Å². The Morgan fingerprint density at radius 2 is 1.90 bits per heavy atom. The summed E-state index contributed by atoms with van der Waals surface area (Å²) in [6, 6.07) is 9.17. The van der Waals surface area contributed by atoms with E-state index in [1.54, 1.807) is 12.1 Å². The van der Waals surface area contributed by atoms with Crippen molar-refractivity contribution in [2.75, 3.05) is 5.73 Å². The lowest BCUT2D eigenvalue weighted by atomic mass is 10.1. The minimum absolute atomic E-state index is 0.259. The molecule has 0 aliphatic rings. The van der Waals surface area contributed by atoms with Crippen LogP contribution in [0.5, 0.6) is 5.75 Å². The monoisotopic (exact) mass is 302 g/mol. The second-order valence-corrected chi connectivity index (χ2v) is 5.37. The topological polar surface area (TPSA) is 61.3 Å². The van der Waals surface area contributed by atoms with Crippen molar-refractivity contribution < 1.29 is 9.15 Å². The third kappa shape index (κ3) is 2.81. The van der Waals surface area contributed by atoms with E-state index in [0.29, 0.717) is 17.2 Å². The van der Waals surface area contributed by atoms with Crippen molar-refractivity contribution in [3.05, 3.63) is 52.4 Å². The number of aryl methyl sites for hydroxylation is 2. The zero-order chi connectivity index (χ0) is 15.0. The Bertz CT molecular complexity index is 788. The summed E-state index contributed by atoms with van der Waals surface area (Å²) in [5, 5.41) is 0.764. The molecule has 0 unspecified atom stereocenters. The van der Waals surface area contributed by atoms with E-state index in [9.17, 15) is 0 Å². The van der Waals surface area contributed by atoms with Crippen LogP contribution in [0, 0.1) is 13.8 Å². The van der Waals surface area contributed by atoms with Crippen molar-refractivity contribution in [1.82, 2.24) is 4.98 Å². The first kappa shape index (κ1) is 13.8. The Labute approximate surface area is 127 Å². The Hall–Kier alpha value is -2.20. The maximum absolute atomic E-state index is 6.14. The number of nitrogen functional groups attached to an aromatic ring is 1. The molecule has 4 nitrogen and oxygen atoms in total. The molecule has 0 saturated carbocycles. The number of fused-ring (bicyclic) bond motifs is 1. The Morgan fingerprint density at radius 1 is 1.19 bits per heavy atom. The van der Waals surface area contributed by atoms with Gasteiger partial charge in [0.15, 0.2) is 12.2 Å². The van der Waals surface area contributed by atoms with Gasteiger partial charge in [0.05, 0.1) is 0 Å². The van der Waals surface area contributed by atoms with Crippen molar-refractivity contribution in [3.63, 3.8) is 0 Å². The molecule has 2 aromatic carbocycles. The van der Waals surface area contributed by atoms with E-state index in [4.69, 9.17) is 26.5 Å². The van der Waals surface area contributed by atoms with Crippen LogP contribution >= 0.6 is 11.6 Å². The molecule has 0 saturated heterocycles. The average Bonchev–Trinajstić information content (AvgIpc) is 2.84. The summed E-state index contributed by atoms with van der Waals surface area (Å²) in [6.07, 6.45) is 0. The zero-order valence-electron chi connectivity index (χ0n) is 11.8. The third-order valence-corrected chi connectivity index (χ3v) is 3.83. The standard InChI is InChI=1S/C16H15ClN2O2/c1-9-5-12(6-10(2)16(9)17)20-8-15-19-13-4-3-11(18)7-14(13)21-15/h3-7H,8,18H2,1-2H3. The van der Waals surface area contributed by atoms with Gasteiger partial charge in [0.2, 0.25) is 5.89 Å². The third-order valence-electron chi connectivity index (χ3n) is 3.23. The van der Waals surface area contributed by atoms with E-state index in [2.05, 4.69) is 4.98 Å². The minimum atomic E-state index is 0.259. The van der Waals surface area contributed by atoms with E-state index in [1.807, 2.05) is 32.0 Å². The van der Waals surface area contributed by atoms with Gasteiger partial charge in [0, 0.05) is 16.8 Å². The lowest BCUT2D eigenvalue weighted by Gasteiger charge is -2.08. The van der Waals surface area contributed by atoms with Crippen LogP contribution in [0.25, 0.3) is 11.1 Å². The lowest BCUT2D eigenvalue weighted by molar-refractivity contribution is 0.267. The van der Waals surface area contributed by atoms with Crippen LogP contribution in [0.2, 0.25) is 5.02 Å². The van der Waals surface area contributed by atoms with Gasteiger partial charge in [-0.25, -0.2) is 4.98 Å². The molecular formula is C16H15ClN2O2. The molecule has 0 aliphatic carbocycles. The summed E-state index contributed by atoms with van der Waals surface area (Å²) in [4.78, 5) is 4.36. The van der Waals surface area contributed by atoms with E-state index >= 15 is 0 Å². The number of oxazole rings is 1. The number of benzene rings is 2. The van der Waals surface area contributed by atoms with Crippen molar-refractivity contribution in [3.8, 4) is 5.75 Å². The molecule has 2 N–H and O–H groups in total. The van der Waals surface area contributed by atoms with Crippen LogP contribution < -0.4 is 10.5 Å². The number of rotatable bonds is 3. The van der Waals surface area contributed by atoms with E-state index in [0.717, 1.165) is 27.4 Å². The molecule has 0 radical (unpaired) electrons. The summed E-state index contributed by atoms with van der Waals surface area (Å²) in [7, 11) is 0. The van der Waals surface area contributed by atoms with Gasteiger partial charge in [-0.1, -0.05) is 11.6 Å². The fraction of sp³-hybridized carbons (Fsp3) is 0.188. The van der Waals surface area contributed by atoms with Crippen LogP contribution in [0.15, 0.2) is 34.7 Å². The molecule has 5 heteroatoms. The SMILES string of the molecule is Cc1cc(OCc2nc3ccc(N)cc3o2)cc(C)c1Cl. The molecule has 0 aliphatic heterocycles. The normalized spacial score (nSPS) is 11.0. The predicted octanol–water partition coefficient (Wildman–Crippen LogP) is 4.26. The Balaban J connectivity index is 1.80. The maximum atomic E-state index is 6.14. The highest BCUT2D eigenvalue weighted by Crippen LogP contribution is 2.26. The van der Waals surface area contributed by atoms with Crippen molar-refractivity contribution >= 4 is 28.4 Å². The molecule has 3 rings (SSSR count). The smallest absolute Gasteiger partial charge is 0.233 e. The van der Waals surface area contributed by atoms with Crippen LogP contribution in [0.4, 0.5) is 5.69 Å². The maximum Gasteiger partial charge on any atom is 0.233 e. The molecule has 0 amide bonds. The summed E-state index contributed by atoms with van der Waals surface area (Å²) in [5.41, 5.74) is 9.76. The lowest BCUT2D eigenvalue weighted by Crippen LogP contribution is -1.96. The zero-order valence-corrected chi connectivity index (χ0v) is 12.6. The van der Waals surface area contributed by atoms with Gasteiger partial charge in [-0.3, -0.25) is 0 Å². The van der Waals surface area contributed by atoms with E-state index in [1.165, 1.54) is 0 Å². The van der Waals surface area contributed by atoms with Crippen molar-refractivity contribution in [2.24, 2.45) is 0 Å². The predicted molar refractivity (Wildman–Crippen MR) is 83.7 cm³/mol. The van der Waals surface area contributed by atoms with Gasteiger partial charge in [-0.15, -0.1) is 0 Å². The van der Waals surface area contributed by atoms with E-state index < -0.39 is 0 Å². The van der Waals surface area contributed by atoms with Crippen molar-refractivity contribution in [2.45, 2.75) is 20.5 Å². The molecule has 3 aromatic rings. The van der Waals surface area contributed by atoms with Gasteiger partial charge >= 0.3 is 0 Å². The number of hydrogen-bond donors (Lipinski definition) is 1. The molecule has 0 bridgehead atoms. The first-order chi connectivity index (χ1) is 10.0. The highest BCUT2D eigenvalue weighted by Gasteiger charge is 2.08. The molecule has 108 valence electrons. The average molecular weight is 303 g/mol. The number of hydrogen-bond acceptors (Lipinski definition) is 4. The molecule has 21 heavy (non-hydrogen) atoms. The highest BCUT2D eigenvalue weighted by molar-refractivity contribution is 6.32. The van der Waals surface area contributed by atoms with Gasteiger partial charge < -0.3 is 14.9 Å². The van der Waals surface area contributed by atoms with Crippen LogP contribution in [-0.4, -0.2) is 4.98 Å². The molecule has 0 spiro atoms. The van der Waals surface area contributed by atoms with Gasteiger partial charge in [-0.05, 0) is 49.2 Å². The number of nitrogens with two attached hydrogens (primary N) is 1. The second-order valence-electron chi connectivity index (χ2n) is 4.99. The van der Waals surface area contributed by atoms with Crippen LogP contribution in [0.3, 0.4) is 0 Å². The fourth-order valence-electron chi connectivity index (χ4n) is 2.19. The Morgan fingerprint density at radius 3 is 2.62 bits per heavy atom. The molecule has 1 aromatic heterocycles. The number of ether oxygens (including phenoxy) is 1. The van der Waals surface area contributed by atoms with Crippen LogP contribution in [0.1, 0.15) is 17.0 Å². The Kier molecular flexibility index (Phi) is 3.47. The number of halogens is 1. The molecule has 1 heterocycles. The number of nitrogens with zero attached hydrogens (tertiary/aromatic N) is 1. The summed E-state index contributed by atoms with van der Waals surface area (Å²) < 4.78 is 11.3. The quantitative estimate of drug-likeness (QED) is 0.734. The second kappa shape index (κ2) is 5.30. The minimum Gasteiger partial charge on any atom is -0.484 e. The van der Waals surface area contributed by atoms with Gasteiger partial charge in [-0.2, -0.15) is 0 Å². The summed E-state index contributed by atoms with van der Waals surface area (Å²) >= 11 is 6.14. The molecular weight excluding hydrogens is 288 g/mol. The first-order valence-corrected chi connectivity index (χ1v) is 6.95. The molecule has 0 atom stereocenters.